The van der Waals surface area contributed by atoms with Gasteiger partial charge in [-0.2, -0.15) is 0 Å². The largest absolute Gasteiger partial charge is 0.394 e. The molecule has 17 heavy (non-hydrogen) atoms. The molecule has 2 N–H and O–H groups in total. The molecule has 4 nitrogen and oxygen atoms in total. The number of amides is 1. The SMILES string of the molecule is C[C@@H](CO)NC(=O)c1ccc2ncccc2c1. The van der Waals surface area contributed by atoms with Crippen molar-refractivity contribution in [2.24, 2.45) is 0 Å². The summed E-state index contributed by atoms with van der Waals surface area (Å²) in [5, 5.41) is 12.5. The van der Waals surface area contributed by atoms with Gasteiger partial charge < -0.3 is 10.4 Å². The first kappa shape index (κ1) is 11.5. The minimum Gasteiger partial charge on any atom is -0.394 e. The van der Waals surface area contributed by atoms with Crippen LogP contribution in [0, 0.1) is 0 Å². The van der Waals surface area contributed by atoms with E-state index >= 15 is 0 Å². The molecular formula is C13H14N2O2. The van der Waals surface area contributed by atoms with Crippen molar-refractivity contribution in [1.29, 1.82) is 0 Å². The zero-order valence-electron chi connectivity index (χ0n) is 9.55. The summed E-state index contributed by atoms with van der Waals surface area (Å²) in [5.74, 6) is -0.183. The number of benzene rings is 1. The molecule has 0 aliphatic carbocycles. The highest BCUT2D eigenvalue weighted by molar-refractivity contribution is 5.98. The van der Waals surface area contributed by atoms with Crippen LogP contribution in [0.15, 0.2) is 36.5 Å². The maximum atomic E-state index is 11.8. The van der Waals surface area contributed by atoms with E-state index in [1.165, 1.54) is 0 Å². The summed E-state index contributed by atoms with van der Waals surface area (Å²) in [6.45, 7) is 1.68. The van der Waals surface area contributed by atoms with Crippen LogP contribution in [0.5, 0.6) is 0 Å². The molecule has 1 aromatic heterocycles. The fourth-order valence-corrected chi connectivity index (χ4v) is 1.57. The Labute approximate surface area is 99.3 Å². The minimum absolute atomic E-state index is 0.0686. The van der Waals surface area contributed by atoms with Gasteiger partial charge >= 0.3 is 0 Å². The molecule has 0 radical (unpaired) electrons. The van der Waals surface area contributed by atoms with Crippen molar-refractivity contribution in [1.82, 2.24) is 10.3 Å². The first-order chi connectivity index (χ1) is 8.20. The molecule has 1 heterocycles. The number of aliphatic hydroxyl groups excluding tert-OH is 1. The third kappa shape index (κ3) is 2.60. The van der Waals surface area contributed by atoms with Gasteiger partial charge in [-0.3, -0.25) is 9.78 Å². The van der Waals surface area contributed by atoms with Crippen LogP contribution in [-0.2, 0) is 0 Å². The van der Waals surface area contributed by atoms with E-state index < -0.39 is 0 Å². The number of nitrogens with zero attached hydrogens (tertiary/aromatic N) is 1. The maximum absolute atomic E-state index is 11.8. The summed E-state index contributed by atoms with van der Waals surface area (Å²) in [6, 6.07) is 8.84. The average molecular weight is 230 g/mol. The quantitative estimate of drug-likeness (QED) is 0.836. The minimum atomic E-state index is -0.243. The second kappa shape index (κ2) is 4.93. The lowest BCUT2D eigenvalue weighted by atomic mass is 10.1. The predicted molar refractivity (Wildman–Crippen MR) is 65.8 cm³/mol. The van der Waals surface area contributed by atoms with Crippen molar-refractivity contribution in [3.63, 3.8) is 0 Å². The van der Waals surface area contributed by atoms with Gasteiger partial charge in [0.05, 0.1) is 12.1 Å². The molecule has 0 spiro atoms. The van der Waals surface area contributed by atoms with Gasteiger partial charge in [0.25, 0.3) is 5.91 Å². The molecule has 0 unspecified atom stereocenters. The molecule has 0 saturated carbocycles. The highest BCUT2D eigenvalue weighted by atomic mass is 16.3. The fraction of sp³-hybridized carbons (Fsp3) is 0.231. The van der Waals surface area contributed by atoms with E-state index in [1.54, 1.807) is 25.3 Å². The molecule has 0 aliphatic rings. The molecule has 2 rings (SSSR count). The number of fused-ring (bicyclic) bond motifs is 1. The Bertz CT molecular complexity index is 540. The summed E-state index contributed by atoms with van der Waals surface area (Å²) in [4.78, 5) is 16.0. The Morgan fingerprint density at radius 3 is 3.06 bits per heavy atom. The topological polar surface area (TPSA) is 62.2 Å². The molecule has 1 amide bonds. The highest BCUT2D eigenvalue weighted by Crippen LogP contribution is 2.13. The number of aromatic nitrogens is 1. The van der Waals surface area contributed by atoms with Gasteiger partial charge in [0.1, 0.15) is 0 Å². The van der Waals surface area contributed by atoms with Crippen molar-refractivity contribution in [2.75, 3.05) is 6.61 Å². The Balaban J connectivity index is 2.27. The lowest BCUT2D eigenvalue weighted by molar-refractivity contribution is 0.0922. The van der Waals surface area contributed by atoms with Crippen molar-refractivity contribution >= 4 is 16.8 Å². The summed E-state index contributed by atoms with van der Waals surface area (Å²) < 4.78 is 0. The number of rotatable bonds is 3. The molecular weight excluding hydrogens is 216 g/mol. The summed E-state index contributed by atoms with van der Waals surface area (Å²) >= 11 is 0. The van der Waals surface area contributed by atoms with Crippen LogP contribution in [0.25, 0.3) is 10.9 Å². The Morgan fingerprint density at radius 2 is 2.29 bits per heavy atom. The second-order valence-electron chi connectivity index (χ2n) is 3.97. The van der Waals surface area contributed by atoms with Crippen LogP contribution in [0.4, 0.5) is 0 Å². The Kier molecular flexibility index (Phi) is 3.35. The van der Waals surface area contributed by atoms with Gasteiger partial charge in [0, 0.05) is 23.2 Å². The summed E-state index contributed by atoms with van der Waals surface area (Å²) in [6.07, 6.45) is 1.72. The van der Waals surface area contributed by atoms with Gasteiger partial charge in [-0.1, -0.05) is 6.07 Å². The fourth-order valence-electron chi connectivity index (χ4n) is 1.57. The number of aliphatic hydroxyl groups is 1. The molecule has 1 atom stereocenters. The predicted octanol–water partition coefficient (Wildman–Crippen LogP) is 1.35. The van der Waals surface area contributed by atoms with Crippen LogP contribution in [0.3, 0.4) is 0 Å². The number of hydrogen-bond donors (Lipinski definition) is 2. The van der Waals surface area contributed by atoms with Crippen molar-refractivity contribution in [2.45, 2.75) is 13.0 Å². The monoisotopic (exact) mass is 230 g/mol. The number of hydrogen-bond acceptors (Lipinski definition) is 3. The van der Waals surface area contributed by atoms with Crippen molar-refractivity contribution < 1.29 is 9.90 Å². The molecule has 4 heteroatoms. The third-order valence-corrected chi connectivity index (χ3v) is 2.52. The van der Waals surface area contributed by atoms with E-state index in [4.69, 9.17) is 5.11 Å². The van der Waals surface area contributed by atoms with Gasteiger partial charge in [0.15, 0.2) is 0 Å². The van der Waals surface area contributed by atoms with Gasteiger partial charge in [-0.25, -0.2) is 0 Å². The molecule has 0 aliphatic heterocycles. The molecule has 2 aromatic rings. The van der Waals surface area contributed by atoms with E-state index in [0.717, 1.165) is 10.9 Å². The number of pyridine rings is 1. The highest BCUT2D eigenvalue weighted by Gasteiger charge is 2.09. The average Bonchev–Trinajstić information content (AvgIpc) is 2.38. The van der Waals surface area contributed by atoms with Crippen LogP contribution in [0.2, 0.25) is 0 Å². The molecule has 0 fully saturated rings. The first-order valence-electron chi connectivity index (χ1n) is 5.47. The lowest BCUT2D eigenvalue weighted by Gasteiger charge is -2.10. The zero-order valence-corrected chi connectivity index (χ0v) is 9.55. The van der Waals surface area contributed by atoms with E-state index in [-0.39, 0.29) is 18.6 Å². The van der Waals surface area contributed by atoms with Crippen LogP contribution in [0.1, 0.15) is 17.3 Å². The summed E-state index contributed by atoms with van der Waals surface area (Å²) in [5.41, 5.74) is 1.44. The van der Waals surface area contributed by atoms with Crippen molar-refractivity contribution in [3.8, 4) is 0 Å². The first-order valence-corrected chi connectivity index (χ1v) is 5.47. The Morgan fingerprint density at radius 1 is 1.47 bits per heavy atom. The molecule has 0 saturated heterocycles. The Hall–Kier alpha value is -1.94. The number of carbonyl (C=O) groups excluding carboxylic acids is 1. The van der Waals surface area contributed by atoms with Gasteiger partial charge in [0.2, 0.25) is 0 Å². The number of carbonyl (C=O) groups is 1. The third-order valence-electron chi connectivity index (χ3n) is 2.52. The lowest BCUT2D eigenvalue weighted by Crippen LogP contribution is -2.34. The molecule has 0 bridgehead atoms. The van der Waals surface area contributed by atoms with Gasteiger partial charge in [-0.05, 0) is 31.2 Å². The molecule has 88 valence electrons. The van der Waals surface area contributed by atoms with E-state index in [1.807, 2.05) is 18.2 Å². The second-order valence-corrected chi connectivity index (χ2v) is 3.97. The van der Waals surface area contributed by atoms with E-state index in [2.05, 4.69) is 10.3 Å². The molecule has 1 aromatic carbocycles. The van der Waals surface area contributed by atoms with Crippen LogP contribution < -0.4 is 5.32 Å². The summed E-state index contributed by atoms with van der Waals surface area (Å²) in [7, 11) is 0. The van der Waals surface area contributed by atoms with Crippen LogP contribution >= 0.6 is 0 Å². The smallest absolute Gasteiger partial charge is 0.251 e. The van der Waals surface area contributed by atoms with E-state index in [0.29, 0.717) is 5.56 Å². The maximum Gasteiger partial charge on any atom is 0.251 e. The van der Waals surface area contributed by atoms with Crippen LogP contribution in [-0.4, -0.2) is 28.6 Å². The van der Waals surface area contributed by atoms with Crippen molar-refractivity contribution in [3.05, 3.63) is 42.1 Å². The normalized spacial score (nSPS) is 12.4. The van der Waals surface area contributed by atoms with Gasteiger partial charge in [-0.15, -0.1) is 0 Å². The standard InChI is InChI=1S/C13H14N2O2/c1-9(8-16)15-13(17)11-4-5-12-10(7-11)3-2-6-14-12/h2-7,9,16H,8H2,1H3,(H,15,17)/t9-/m0/s1. The van der Waals surface area contributed by atoms with E-state index in [9.17, 15) is 4.79 Å². The number of nitrogens with one attached hydrogen (secondary N) is 1. The zero-order chi connectivity index (χ0) is 12.3.